The summed E-state index contributed by atoms with van der Waals surface area (Å²) < 4.78 is 0. The van der Waals surface area contributed by atoms with Gasteiger partial charge in [-0.15, -0.1) is 0 Å². The number of hydrogen-bond donors (Lipinski definition) is 1. The number of anilines is 1. The molecule has 3 nitrogen and oxygen atoms in total. The molecule has 0 fully saturated rings. The quantitative estimate of drug-likeness (QED) is 0.846. The third-order valence-corrected chi connectivity index (χ3v) is 3.06. The SMILES string of the molecule is CN(C)CCCN(C)c1ccc(CN)cc1Cl. The highest BCUT2D eigenvalue weighted by Gasteiger charge is 2.06. The zero-order valence-corrected chi connectivity index (χ0v) is 11.7. The topological polar surface area (TPSA) is 32.5 Å². The van der Waals surface area contributed by atoms with Crippen LogP contribution in [0.1, 0.15) is 12.0 Å². The zero-order valence-electron chi connectivity index (χ0n) is 10.9. The first-order valence-corrected chi connectivity index (χ1v) is 6.26. The van der Waals surface area contributed by atoms with E-state index in [-0.39, 0.29) is 0 Å². The van der Waals surface area contributed by atoms with Crippen LogP contribution in [0.15, 0.2) is 18.2 Å². The van der Waals surface area contributed by atoms with Crippen molar-refractivity contribution in [2.24, 2.45) is 5.73 Å². The van der Waals surface area contributed by atoms with Gasteiger partial charge < -0.3 is 15.5 Å². The van der Waals surface area contributed by atoms with Gasteiger partial charge in [0.05, 0.1) is 10.7 Å². The highest BCUT2D eigenvalue weighted by Crippen LogP contribution is 2.26. The van der Waals surface area contributed by atoms with E-state index in [4.69, 9.17) is 17.3 Å². The Hall–Kier alpha value is -0.770. The molecule has 0 heterocycles. The standard InChI is InChI=1S/C13H22ClN3/c1-16(2)7-4-8-17(3)13-6-5-11(10-15)9-12(13)14/h5-6,9H,4,7-8,10,15H2,1-3H3. The molecule has 2 N–H and O–H groups in total. The van der Waals surface area contributed by atoms with E-state index >= 15 is 0 Å². The third-order valence-electron chi connectivity index (χ3n) is 2.76. The summed E-state index contributed by atoms with van der Waals surface area (Å²) in [6, 6.07) is 6.02. The average molecular weight is 256 g/mol. The van der Waals surface area contributed by atoms with Crippen LogP contribution in [0.25, 0.3) is 0 Å². The van der Waals surface area contributed by atoms with E-state index in [1.54, 1.807) is 0 Å². The highest BCUT2D eigenvalue weighted by molar-refractivity contribution is 6.33. The Morgan fingerprint density at radius 1 is 1.18 bits per heavy atom. The Morgan fingerprint density at radius 3 is 2.41 bits per heavy atom. The molecule has 1 aromatic carbocycles. The number of nitrogens with two attached hydrogens (primary N) is 1. The second-order valence-electron chi connectivity index (χ2n) is 4.57. The summed E-state index contributed by atoms with van der Waals surface area (Å²) in [5.41, 5.74) is 7.72. The summed E-state index contributed by atoms with van der Waals surface area (Å²) >= 11 is 6.24. The van der Waals surface area contributed by atoms with E-state index in [2.05, 4.69) is 30.9 Å². The predicted molar refractivity (Wildman–Crippen MR) is 75.8 cm³/mol. The summed E-state index contributed by atoms with van der Waals surface area (Å²) in [5, 5.41) is 0.778. The van der Waals surface area contributed by atoms with Gasteiger partial charge in [-0.1, -0.05) is 17.7 Å². The number of halogens is 1. The fraction of sp³-hybridized carbons (Fsp3) is 0.538. The summed E-state index contributed by atoms with van der Waals surface area (Å²) in [4.78, 5) is 4.37. The highest BCUT2D eigenvalue weighted by atomic mass is 35.5. The number of benzene rings is 1. The van der Waals surface area contributed by atoms with Crippen molar-refractivity contribution in [1.82, 2.24) is 4.90 Å². The van der Waals surface area contributed by atoms with Gasteiger partial charge in [-0.2, -0.15) is 0 Å². The van der Waals surface area contributed by atoms with Crippen LogP contribution in [-0.2, 0) is 6.54 Å². The van der Waals surface area contributed by atoms with E-state index in [0.717, 1.165) is 35.8 Å². The van der Waals surface area contributed by atoms with Crippen LogP contribution in [0, 0.1) is 0 Å². The van der Waals surface area contributed by atoms with Crippen LogP contribution < -0.4 is 10.6 Å². The zero-order chi connectivity index (χ0) is 12.8. The van der Waals surface area contributed by atoms with Gasteiger partial charge in [0, 0.05) is 20.1 Å². The molecule has 0 aromatic heterocycles. The third kappa shape index (κ3) is 4.54. The molecule has 4 heteroatoms. The first-order chi connectivity index (χ1) is 8.04. The molecule has 0 aliphatic carbocycles. The number of nitrogens with zero attached hydrogens (tertiary/aromatic N) is 2. The van der Waals surface area contributed by atoms with E-state index in [0.29, 0.717) is 6.54 Å². The van der Waals surface area contributed by atoms with E-state index < -0.39 is 0 Å². The van der Waals surface area contributed by atoms with Gasteiger partial charge in [-0.3, -0.25) is 0 Å². The number of hydrogen-bond acceptors (Lipinski definition) is 3. The second-order valence-corrected chi connectivity index (χ2v) is 4.98. The molecule has 96 valence electrons. The summed E-state index contributed by atoms with van der Waals surface area (Å²) in [6.45, 7) is 2.62. The smallest absolute Gasteiger partial charge is 0.0642 e. The average Bonchev–Trinajstić information content (AvgIpc) is 2.28. The summed E-state index contributed by atoms with van der Waals surface area (Å²) in [5.74, 6) is 0. The first kappa shape index (κ1) is 14.3. The molecule has 0 unspecified atom stereocenters. The largest absolute Gasteiger partial charge is 0.373 e. The molecule has 1 aromatic rings. The van der Waals surface area contributed by atoms with Crippen LogP contribution >= 0.6 is 11.6 Å². The fourth-order valence-electron chi connectivity index (χ4n) is 1.73. The van der Waals surface area contributed by atoms with E-state index in [1.807, 2.05) is 18.2 Å². The Kier molecular flexibility index (Phi) is 5.75. The molecule has 17 heavy (non-hydrogen) atoms. The molecule has 0 spiro atoms. The molecular weight excluding hydrogens is 234 g/mol. The van der Waals surface area contributed by atoms with Crippen LogP contribution in [0.3, 0.4) is 0 Å². The lowest BCUT2D eigenvalue weighted by Gasteiger charge is -2.22. The maximum Gasteiger partial charge on any atom is 0.0642 e. The molecule has 0 saturated carbocycles. The van der Waals surface area contributed by atoms with Gasteiger partial charge in [0.2, 0.25) is 0 Å². The molecule has 0 aliphatic heterocycles. The minimum Gasteiger partial charge on any atom is -0.373 e. The molecule has 1 rings (SSSR count). The van der Waals surface area contributed by atoms with Crippen LogP contribution in [0.2, 0.25) is 5.02 Å². The number of rotatable bonds is 6. The molecule has 0 radical (unpaired) electrons. The van der Waals surface area contributed by atoms with Crippen molar-refractivity contribution in [3.8, 4) is 0 Å². The lowest BCUT2D eigenvalue weighted by atomic mass is 10.2. The Bertz CT molecular complexity index is 353. The van der Waals surface area contributed by atoms with E-state index in [1.165, 1.54) is 0 Å². The van der Waals surface area contributed by atoms with Gasteiger partial charge in [0.15, 0.2) is 0 Å². The maximum atomic E-state index is 6.24. The van der Waals surface area contributed by atoms with Gasteiger partial charge in [-0.25, -0.2) is 0 Å². The van der Waals surface area contributed by atoms with Crippen molar-refractivity contribution in [2.75, 3.05) is 39.1 Å². The van der Waals surface area contributed by atoms with Crippen molar-refractivity contribution >= 4 is 17.3 Å². The Balaban J connectivity index is 2.59. The molecule has 0 atom stereocenters. The van der Waals surface area contributed by atoms with Gasteiger partial charge in [0.25, 0.3) is 0 Å². The minimum absolute atomic E-state index is 0.532. The van der Waals surface area contributed by atoms with Crippen molar-refractivity contribution in [3.05, 3.63) is 28.8 Å². The van der Waals surface area contributed by atoms with Crippen molar-refractivity contribution in [1.29, 1.82) is 0 Å². The molecule has 0 saturated heterocycles. The normalized spacial score (nSPS) is 10.9. The molecular formula is C13H22ClN3. The lowest BCUT2D eigenvalue weighted by molar-refractivity contribution is 0.401. The lowest BCUT2D eigenvalue weighted by Crippen LogP contribution is -2.23. The monoisotopic (exact) mass is 255 g/mol. The summed E-state index contributed by atoms with van der Waals surface area (Å²) in [7, 11) is 6.24. The van der Waals surface area contributed by atoms with Gasteiger partial charge in [-0.05, 0) is 44.8 Å². The second kappa shape index (κ2) is 6.84. The Labute approximate surface area is 109 Å². The van der Waals surface area contributed by atoms with E-state index in [9.17, 15) is 0 Å². The van der Waals surface area contributed by atoms with Gasteiger partial charge in [0.1, 0.15) is 0 Å². The fourth-order valence-corrected chi connectivity index (χ4v) is 2.08. The van der Waals surface area contributed by atoms with Crippen LogP contribution in [-0.4, -0.2) is 39.1 Å². The molecule has 0 amide bonds. The summed E-state index contributed by atoms with van der Waals surface area (Å²) in [6.07, 6.45) is 1.12. The predicted octanol–water partition coefficient (Wildman–Crippen LogP) is 2.19. The minimum atomic E-state index is 0.532. The molecule has 0 aliphatic rings. The van der Waals surface area contributed by atoms with Crippen LogP contribution in [0.5, 0.6) is 0 Å². The van der Waals surface area contributed by atoms with Crippen molar-refractivity contribution < 1.29 is 0 Å². The van der Waals surface area contributed by atoms with Crippen molar-refractivity contribution in [2.45, 2.75) is 13.0 Å². The van der Waals surface area contributed by atoms with Crippen molar-refractivity contribution in [3.63, 3.8) is 0 Å². The molecule has 0 bridgehead atoms. The van der Waals surface area contributed by atoms with Crippen LogP contribution in [0.4, 0.5) is 5.69 Å². The maximum absolute atomic E-state index is 6.24. The Morgan fingerprint density at radius 2 is 1.88 bits per heavy atom. The van der Waals surface area contributed by atoms with Gasteiger partial charge >= 0.3 is 0 Å². The first-order valence-electron chi connectivity index (χ1n) is 5.89.